The summed E-state index contributed by atoms with van der Waals surface area (Å²) < 4.78 is 11.3. The van der Waals surface area contributed by atoms with Crippen LogP contribution in [0.25, 0.3) is 21.5 Å². The highest BCUT2D eigenvalue weighted by atomic mass is 16.5. The SMILES string of the molecule is CCCc1c(CCC)c(OC(C)=O)c2ccccc2c1OC.Oc1cccc2ccccc12. The minimum Gasteiger partial charge on any atom is -0.507 e. The number of esters is 1. The van der Waals surface area contributed by atoms with E-state index in [1.165, 1.54) is 12.5 Å². The zero-order chi connectivity index (χ0) is 23.8. The third kappa shape index (κ3) is 5.46. The van der Waals surface area contributed by atoms with Crippen LogP contribution in [0.2, 0.25) is 0 Å². The first-order chi connectivity index (χ1) is 16.0. The second kappa shape index (κ2) is 11.4. The van der Waals surface area contributed by atoms with Crippen molar-refractivity contribution in [2.45, 2.75) is 46.5 Å². The van der Waals surface area contributed by atoms with Crippen LogP contribution in [-0.2, 0) is 17.6 Å². The fourth-order valence-corrected chi connectivity index (χ4v) is 4.21. The third-order valence-electron chi connectivity index (χ3n) is 5.55. The predicted molar refractivity (Wildman–Crippen MR) is 135 cm³/mol. The molecule has 0 atom stereocenters. The maximum absolute atomic E-state index is 11.6. The van der Waals surface area contributed by atoms with Crippen molar-refractivity contribution in [3.8, 4) is 17.2 Å². The highest BCUT2D eigenvalue weighted by Gasteiger charge is 2.21. The summed E-state index contributed by atoms with van der Waals surface area (Å²) >= 11 is 0. The number of phenols is 1. The molecule has 0 amide bonds. The van der Waals surface area contributed by atoms with Crippen LogP contribution in [0.15, 0.2) is 66.7 Å². The monoisotopic (exact) mass is 444 g/mol. The average Bonchev–Trinajstić information content (AvgIpc) is 2.82. The number of carbonyl (C=O) groups excluding carboxylic acids is 1. The number of methoxy groups -OCH3 is 1. The van der Waals surface area contributed by atoms with Gasteiger partial charge in [-0.3, -0.25) is 4.79 Å². The minimum absolute atomic E-state index is 0.282. The molecule has 0 bridgehead atoms. The molecule has 0 saturated heterocycles. The van der Waals surface area contributed by atoms with Gasteiger partial charge in [-0.2, -0.15) is 0 Å². The standard InChI is InChI=1S/C19H24O3.C10H8O/c1-5-9-14-15(10-6-2)19(22-13(3)20)17-12-8-7-11-16(17)18(14)21-4;11-10-7-3-5-8-4-1-2-6-9(8)10/h7-8,11-12H,5-6,9-10H2,1-4H3;1-7,11H. The van der Waals surface area contributed by atoms with Gasteiger partial charge < -0.3 is 14.6 Å². The van der Waals surface area contributed by atoms with E-state index in [1.807, 2.05) is 60.7 Å². The van der Waals surface area contributed by atoms with Crippen LogP contribution in [0.1, 0.15) is 44.7 Å². The average molecular weight is 445 g/mol. The van der Waals surface area contributed by atoms with Gasteiger partial charge in [0.25, 0.3) is 0 Å². The quantitative estimate of drug-likeness (QED) is 0.252. The van der Waals surface area contributed by atoms with Crippen molar-refractivity contribution >= 4 is 27.5 Å². The first kappa shape index (κ1) is 24.1. The molecule has 0 radical (unpaired) electrons. The molecule has 0 unspecified atom stereocenters. The Morgan fingerprint density at radius 2 is 1.27 bits per heavy atom. The molecule has 4 nitrogen and oxygen atoms in total. The molecule has 4 rings (SSSR count). The van der Waals surface area contributed by atoms with Crippen LogP contribution in [0.4, 0.5) is 0 Å². The summed E-state index contributed by atoms with van der Waals surface area (Å²) in [6, 6.07) is 21.3. The molecule has 0 spiro atoms. The number of rotatable bonds is 6. The largest absolute Gasteiger partial charge is 0.507 e. The molecular weight excluding hydrogens is 412 g/mol. The molecule has 0 aliphatic rings. The van der Waals surface area contributed by atoms with Crippen molar-refractivity contribution in [2.24, 2.45) is 0 Å². The molecule has 0 saturated carbocycles. The number of hydrogen-bond acceptors (Lipinski definition) is 4. The lowest BCUT2D eigenvalue weighted by molar-refractivity contribution is -0.131. The smallest absolute Gasteiger partial charge is 0.308 e. The van der Waals surface area contributed by atoms with Crippen molar-refractivity contribution in [3.05, 3.63) is 77.9 Å². The number of aromatic hydroxyl groups is 1. The number of fused-ring (bicyclic) bond motifs is 2. The highest BCUT2D eigenvalue weighted by Crippen LogP contribution is 2.42. The van der Waals surface area contributed by atoms with E-state index in [0.717, 1.165) is 58.5 Å². The van der Waals surface area contributed by atoms with E-state index in [-0.39, 0.29) is 5.97 Å². The Morgan fingerprint density at radius 1 is 0.758 bits per heavy atom. The van der Waals surface area contributed by atoms with Crippen molar-refractivity contribution < 1.29 is 19.4 Å². The van der Waals surface area contributed by atoms with E-state index >= 15 is 0 Å². The minimum atomic E-state index is -0.282. The predicted octanol–water partition coefficient (Wildman–Crippen LogP) is 7.22. The second-order valence-electron chi connectivity index (χ2n) is 7.96. The molecule has 0 aliphatic carbocycles. The van der Waals surface area contributed by atoms with E-state index < -0.39 is 0 Å². The van der Waals surface area contributed by atoms with E-state index in [1.54, 1.807) is 13.2 Å². The Hall–Kier alpha value is -3.53. The third-order valence-corrected chi connectivity index (χ3v) is 5.55. The van der Waals surface area contributed by atoms with Crippen molar-refractivity contribution in [1.82, 2.24) is 0 Å². The van der Waals surface area contributed by atoms with E-state index in [2.05, 4.69) is 13.8 Å². The maximum Gasteiger partial charge on any atom is 0.308 e. The first-order valence-electron chi connectivity index (χ1n) is 11.5. The fourth-order valence-electron chi connectivity index (χ4n) is 4.21. The molecule has 0 aromatic heterocycles. The molecule has 4 aromatic rings. The number of benzene rings is 4. The number of hydrogen-bond donors (Lipinski definition) is 1. The molecule has 4 aromatic carbocycles. The Bertz CT molecular complexity index is 1240. The molecule has 4 heteroatoms. The van der Waals surface area contributed by atoms with Crippen molar-refractivity contribution in [3.63, 3.8) is 0 Å². The molecule has 172 valence electrons. The Kier molecular flexibility index (Phi) is 8.31. The summed E-state index contributed by atoms with van der Waals surface area (Å²) in [4.78, 5) is 11.6. The summed E-state index contributed by atoms with van der Waals surface area (Å²) in [6.07, 6.45) is 3.80. The van der Waals surface area contributed by atoms with Crippen LogP contribution >= 0.6 is 0 Å². The Labute approximate surface area is 195 Å². The normalized spacial score (nSPS) is 10.5. The van der Waals surface area contributed by atoms with Gasteiger partial charge in [-0.05, 0) is 24.3 Å². The lowest BCUT2D eigenvalue weighted by Crippen LogP contribution is -2.08. The van der Waals surface area contributed by atoms with Crippen LogP contribution in [0.3, 0.4) is 0 Å². The zero-order valence-corrected chi connectivity index (χ0v) is 19.9. The molecule has 33 heavy (non-hydrogen) atoms. The van der Waals surface area contributed by atoms with Gasteiger partial charge in [0, 0.05) is 34.2 Å². The summed E-state index contributed by atoms with van der Waals surface area (Å²) in [7, 11) is 1.71. The summed E-state index contributed by atoms with van der Waals surface area (Å²) in [5.41, 5.74) is 2.27. The van der Waals surface area contributed by atoms with Gasteiger partial charge in [0.05, 0.1) is 7.11 Å². The van der Waals surface area contributed by atoms with Gasteiger partial charge in [-0.1, -0.05) is 87.4 Å². The molecule has 1 N–H and O–H groups in total. The van der Waals surface area contributed by atoms with E-state index in [0.29, 0.717) is 11.5 Å². The summed E-state index contributed by atoms with van der Waals surface area (Å²) in [6.45, 7) is 5.74. The van der Waals surface area contributed by atoms with Gasteiger partial charge in [0.2, 0.25) is 0 Å². The van der Waals surface area contributed by atoms with Crippen molar-refractivity contribution in [2.75, 3.05) is 7.11 Å². The van der Waals surface area contributed by atoms with Crippen molar-refractivity contribution in [1.29, 1.82) is 0 Å². The van der Waals surface area contributed by atoms with Crippen LogP contribution in [-0.4, -0.2) is 18.2 Å². The lowest BCUT2D eigenvalue weighted by Gasteiger charge is -2.20. The van der Waals surface area contributed by atoms with Crippen LogP contribution in [0, 0.1) is 0 Å². The highest BCUT2D eigenvalue weighted by molar-refractivity contribution is 5.97. The second-order valence-corrected chi connectivity index (χ2v) is 7.96. The van der Waals surface area contributed by atoms with Crippen LogP contribution in [0.5, 0.6) is 17.2 Å². The van der Waals surface area contributed by atoms with Gasteiger partial charge in [0.15, 0.2) is 0 Å². The topological polar surface area (TPSA) is 55.8 Å². The Balaban J connectivity index is 0.000000231. The van der Waals surface area contributed by atoms with E-state index in [4.69, 9.17) is 9.47 Å². The summed E-state index contributed by atoms with van der Waals surface area (Å²) in [5.74, 6) is 1.68. The molecule has 0 aliphatic heterocycles. The summed E-state index contributed by atoms with van der Waals surface area (Å²) in [5, 5.41) is 13.3. The Morgan fingerprint density at radius 3 is 1.82 bits per heavy atom. The number of carbonyl (C=O) groups is 1. The maximum atomic E-state index is 11.6. The molecule has 0 heterocycles. The molecule has 0 fully saturated rings. The van der Waals surface area contributed by atoms with Gasteiger partial charge in [0.1, 0.15) is 17.2 Å². The van der Waals surface area contributed by atoms with Crippen LogP contribution < -0.4 is 9.47 Å². The lowest BCUT2D eigenvalue weighted by atomic mass is 9.92. The fraction of sp³-hybridized carbons (Fsp3) is 0.276. The van der Waals surface area contributed by atoms with Gasteiger partial charge >= 0.3 is 5.97 Å². The molecular formula is C29H32O4. The van der Waals surface area contributed by atoms with E-state index in [9.17, 15) is 9.90 Å². The number of ether oxygens (including phenoxy) is 2. The van der Waals surface area contributed by atoms with Gasteiger partial charge in [-0.15, -0.1) is 0 Å². The number of phenolic OH excluding ortho intramolecular Hbond substituents is 1. The zero-order valence-electron chi connectivity index (χ0n) is 19.9. The first-order valence-corrected chi connectivity index (χ1v) is 11.5. The van der Waals surface area contributed by atoms with Gasteiger partial charge in [-0.25, -0.2) is 0 Å².